The maximum absolute atomic E-state index is 9.89. The van der Waals surface area contributed by atoms with Crippen molar-refractivity contribution in [3.63, 3.8) is 0 Å². The van der Waals surface area contributed by atoms with Crippen LogP contribution in [0.25, 0.3) is 0 Å². The van der Waals surface area contributed by atoms with Crippen molar-refractivity contribution in [3.05, 3.63) is 90.0 Å². The summed E-state index contributed by atoms with van der Waals surface area (Å²) in [5, 5.41) is 13.3. The number of aromatic hydroxyl groups is 1. The van der Waals surface area contributed by atoms with Crippen LogP contribution in [0.15, 0.2) is 73.1 Å². The second-order valence-electron chi connectivity index (χ2n) is 4.95. The Morgan fingerprint density at radius 2 is 1.41 bits per heavy atom. The van der Waals surface area contributed by atoms with Crippen LogP contribution >= 0.6 is 0 Å². The van der Waals surface area contributed by atoms with Crippen molar-refractivity contribution in [2.75, 3.05) is 0 Å². The van der Waals surface area contributed by atoms with E-state index in [0.29, 0.717) is 6.54 Å². The van der Waals surface area contributed by atoms with Gasteiger partial charge in [-0.15, -0.1) is 0 Å². The standard InChI is InChI=1S/C18H17N3O/c22-17-10-2-1-7-14(17)13-21-18(15-8-3-5-11-19-15)16-9-4-6-12-20-16/h1-12,18,21-22H,13H2. The second kappa shape index (κ2) is 6.83. The van der Waals surface area contributed by atoms with E-state index in [0.717, 1.165) is 17.0 Å². The molecule has 0 radical (unpaired) electrons. The lowest BCUT2D eigenvalue weighted by atomic mass is 10.1. The third-order valence-electron chi connectivity index (χ3n) is 3.46. The largest absolute Gasteiger partial charge is 0.508 e. The third-order valence-corrected chi connectivity index (χ3v) is 3.46. The fraction of sp³-hybridized carbons (Fsp3) is 0.111. The summed E-state index contributed by atoms with van der Waals surface area (Å²) >= 11 is 0. The van der Waals surface area contributed by atoms with Gasteiger partial charge in [0.05, 0.1) is 17.4 Å². The van der Waals surface area contributed by atoms with E-state index in [1.807, 2.05) is 54.6 Å². The number of phenols is 1. The van der Waals surface area contributed by atoms with Gasteiger partial charge >= 0.3 is 0 Å². The van der Waals surface area contributed by atoms with Crippen LogP contribution < -0.4 is 5.32 Å². The highest BCUT2D eigenvalue weighted by Crippen LogP contribution is 2.21. The Kier molecular flexibility index (Phi) is 4.41. The zero-order valence-electron chi connectivity index (χ0n) is 12.1. The van der Waals surface area contributed by atoms with Crippen molar-refractivity contribution in [1.29, 1.82) is 0 Å². The summed E-state index contributed by atoms with van der Waals surface area (Å²) in [5.41, 5.74) is 2.65. The number of aromatic nitrogens is 2. The maximum atomic E-state index is 9.89. The predicted octanol–water partition coefficient (Wildman–Crippen LogP) is 3.06. The molecular formula is C18H17N3O. The second-order valence-corrected chi connectivity index (χ2v) is 4.95. The highest BCUT2D eigenvalue weighted by Gasteiger charge is 2.16. The summed E-state index contributed by atoms with van der Waals surface area (Å²) < 4.78 is 0. The van der Waals surface area contributed by atoms with Gasteiger partial charge in [0, 0.05) is 24.5 Å². The van der Waals surface area contributed by atoms with E-state index in [2.05, 4.69) is 15.3 Å². The first-order valence-electron chi connectivity index (χ1n) is 7.17. The van der Waals surface area contributed by atoms with Gasteiger partial charge in [0.25, 0.3) is 0 Å². The van der Waals surface area contributed by atoms with Crippen LogP contribution in [0.5, 0.6) is 5.75 Å². The molecule has 3 rings (SSSR count). The van der Waals surface area contributed by atoms with Crippen LogP contribution in [-0.2, 0) is 6.54 Å². The molecule has 0 amide bonds. The van der Waals surface area contributed by atoms with Crippen LogP contribution in [0.2, 0.25) is 0 Å². The summed E-state index contributed by atoms with van der Waals surface area (Å²) in [5.74, 6) is 0.288. The average molecular weight is 291 g/mol. The Morgan fingerprint density at radius 3 is 1.95 bits per heavy atom. The number of phenolic OH excluding ortho intramolecular Hbond substituents is 1. The first-order chi connectivity index (χ1) is 10.8. The summed E-state index contributed by atoms with van der Waals surface area (Å²) in [6.45, 7) is 0.532. The van der Waals surface area contributed by atoms with Gasteiger partial charge in [0.1, 0.15) is 5.75 Å². The Labute approximate surface area is 129 Å². The van der Waals surface area contributed by atoms with Gasteiger partial charge in [-0.25, -0.2) is 0 Å². The minimum Gasteiger partial charge on any atom is -0.508 e. The van der Waals surface area contributed by atoms with Gasteiger partial charge < -0.3 is 5.11 Å². The maximum Gasteiger partial charge on any atom is 0.120 e. The quantitative estimate of drug-likeness (QED) is 0.758. The summed E-state index contributed by atoms with van der Waals surface area (Å²) in [4.78, 5) is 8.85. The molecule has 0 atom stereocenters. The van der Waals surface area contributed by atoms with Crippen LogP contribution in [0.3, 0.4) is 0 Å². The Bertz CT molecular complexity index is 677. The highest BCUT2D eigenvalue weighted by atomic mass is 16.3. The minimum absolute atomic E-state index is 0.123. The number of para-hydroxylation sites is 1. The third kappa shape index (κ3) is 3.30. The van der Waals surface area contributed by atoms with Crippen LogP contribution in [0, 0.1) is 0 Å². The molecule has 0 spiro atoms. The molecule has 0 saturated heterocycles. The lowest BCUT2D eigenvalue weighted by Gasteiger charge is -2.18. The lowest BCUT2D eigenvalue weighted by molar-refractivity contribution is 0.461. The topological polar surface area (TPSA) is 58.0 Å². The summed E-state index contributed by atoms with van der Waals surface area (Å²) in [6.07, 6.45) is 3.54. The summed E-state index contributed by atoms with van der Waals surface area (Å²) in [7, 11) is 0. The minimum atomic E-state index is -0.123. The molecule has 0 saturated carbocycles. The Morgan fingerprint density at radius 1 is 0.818 bits per heavy atom. The molecule has 2 aromatic heterocycles. The fourth-order valence-electron chi connectivity index (χ4n) is 2.33. The number of hydrogen-bond donors (Lipinski definition) is 2. The van der Waals surface area contributed by atoms with E-state index in [9.17, 15) is 5.11 Å². The molecule has 110 valence electrons. The van der Waals surface area contributed by atoms with Gasteiger partial charge in [0.2, 0.25) is 0 Å². The SMILES string of the molecule is Oc1ccccc1CNC(c1ccccn1)c1ccccn1. The van der Waals surface area contributed by atoms with Crippen molar-refractivity contribution in [2.24, 2.45) is 0 Å². The predicted molar refractivity (Wildman–Crippen MR) is 85.3 cm³/mol. The molecule has 4 heteroatoms. The smallest absolute Gasteiger partial charge is 0.120 e. The lowest BCUT2D eigenvalue weighted by Crippen LogP contribution is -2.23. The number of nitrogens with zero attached hydrogens (tertiary/aromatic N) is 2. The monoisotopic (exact) mass is 291 g/mol. The van der Waals surface area contributed by atoms with E-state index in [-0.39, 0.29) is 11.8 Å². The normalized spacial score (nSPS) is 10.8. The van der Waals surface area contributed by atoms with E-state index >= 15 is 0 Å². The van der Waals surface area contributed by atoms with Crippen molar-refractivity contribution >= 4 is 0 Å². The van der Waals surface area contributed by atoms with Crippen molar-refractivity contribution in [2.45, 2.75) is 12.6 Å². The van der Waals surface area contributed by atoms with Gasteiger partial charge in [-0.05, 0) is 30.3 Å². The van der Waals surface area contributed by atoms with Crippen molar-refractivity contribution in [3.8, 4) is 5.75 Å². The number of pyridine rings is 2. The molecule has 22 heavy (non-hydrogen) atoms. The van der Waals surface area contributed by atoms with E-state index in [4.69, 9.17) is 0 Å². The number of hydrogen-bond acceptors (Lipinski definition) is 4. The molecule has 2 N–H and O–H groups in total. The number of rotatable bonds is 5. The Hall–Kier alpha value is -2.72. The van der Waals surface area contributed by atoms with Crippen LogP contribution in [-0.4, -0.2) is 15.1 Å². The number of benzene rings is 1. The van der Waals surface area contributed by atoms with Crippen LogP contribution in [0.4, 0.5) is 0 Å². The van der Waals surface area contributed by atoms with E-state index in [1.165, 1.54) is 0 Å². The molecule has 0 aliphatic carbocycles. The summed E-state index contributed by atoms with van der Waals surface area (Å²) in [6, 6.07) is 18.8. The first kappa shape index (κ1) is 14.2. The zero-order valence-corrected chi connectivity index (χ0v) is 12.1. The van der Waals surface area contributed by atoms with E-state index < -0.39 is 0 Å². The molecule has 0 aliphatic heterocycles. The molecule has 0 fully saturated rings. The molecule has 0 aliphatic rings. The van der Waals surface area contributed by atoms with E-state index in [1.54, 1.807) is 18.5 Å². The molecule has 2 heterocycles. The average Bonchev–Trinajstić information content (AvgIpc) is 2.59. The molecule has 4 nitrogen and oxygen atoms in total. The molecule has 1 aromatic carbocycles. The molecule has 0 bridgehead atoms. The molecule has 3 aromatic rings. The fourth-order valence-corrected chi connectivity index (χ4v) is 2.33. The molecular weight excluding hydrogens is 274 g/mol. The highest BCUT2D eigenvalue weighted by molar-refractivity contribution is 5.32. The molecule has 0 unspecified atom stereocenters. The van der Waals surface area contributed by atoms with Gasteiger partial charge in [-0.2, -0.15) is 0 Å². The van der Waals surface area contributed by atoms with Crippen LogP contribution in [0.1, 0.15) is 23.0 Å². The van der Waals surface area contributed by atoms with Gasteiger partial charge in [-0.1, -0.05) is 30.3 Å². The Balaban J connectivity index is 1.85. The van der Waals surface area contributed by atoms with Gasteiger partial charge in [0.15, 0.2) is 0 Å². The van der Waals surface area contributed by atoms with Crippen molar-refractivity contribution < 1.29 is 5.11 Å². The van der Waals surface area contributed by atoms with Crippen molar-refractivity contribution in [1.82, 2.24) is 15.3 Å². The first-order valence-corrected chi connectivity index (χ1v) is 7.17. The zero-order chi connectivity index (χ0) is 15.2. The van der Waals surface area contributed by atoms with Gasteiger partial charge in [-0.3, -0.25) is 15.3 Å². The number of nitrogens with one attached hydrogen (secondary N) is 1.